The SMILES string of the molecule is C=C(C)C(NCCC)c1ncccc1Cl. The standard InChI is InChI=1S/C12H17ClN2/c1-4-7-14-11(9(2)3)12-10(13)6-5-8-15-12/h5-6,8,11,14H,2,4,7H2,1,3H3. The summed E-state index contributed by atoms with van der Waals surface area (Å²) in [6, 6.07) is 3.74. The Bertz CT molecular complexity index is 336. The number of nitrogens with one attached hydrogen (secondary N) is 1. The molecule has 1 aromatic heterocycles. The zero-order valence-electron chi connectivity index (χ0n) is 9.26. The number of halogens is 1. The second-order valence-corrected chi connectivity index (χ2v) is 4.01. The quantitative estimate of drug-likeness (QED) is 0.776. The Labute approximate surface area is 96.4 Å². The van der Waals surface area contributed by atoms with Gasteiger partial charge in [0.2, 0.25) is 0 Å². The highest BCUT2D eigenvalue weighted by molar-refractivity contribution is 6.31. The first-order valence-electron chi connectivity index (χ1n) is 5.16. The molecule has 0 radical (unpaired) electrons. The molecule has 2 nitrogen and oxygen atoms in total. The molecule has 1 rings (SSSR count). The summed E-state index contributed by atoms with van der Waals surface area (Å²) < 4.78 is 0. The van der Waals surface area contributed by atoms with Gasteiger partial charge < -0.3 is 5.32 Å². The van der Waals surface area contributed by atoms with Gasteiger partial charge in [0, 0.05) is 6.20 Å². The lowest BCUT2D eigenvalue weighted by molar-refractivity contribution is 0.579. The van der Waals surface area contributed by atoms with Gasteiger partial charge in [-0.25, -0.2) is 0 Å². The second-order valence-electron chi connectivity index (χ2n) is 3.60. The van der Waals surface area contributed by atoms with Crippen molar-refractivity contribution < 1.29 is 0 Å². The molecular weight excluding hydrogens is 208 g/mol. The van der Waals surface area contributed by atoms with Crippen LogP contribution in [0.1, 0.15) is 32.0 Å². The largest absolute Gasteiger partial charge is 0.305 e. The van der Waals surface area contributed by atoms with Crippen LogP contribution in [0.5, 0.6) is 0 Å². The van der Waals surface area contributed by atoms with Crippen LogP contribution in [0.3, 0.4) is 0 Å². The molecule has 1 heterocycles. The molecule has 1 atom stereocenters. The molecule has 1 unspecified atom stereocenters. The van der Waals surface area contributed by atoms with E-state index in [1.807, 2.05) is 19.1 Å². The zero-order valence-corrected chi connectivity index (χ0v) is 10.0. The maximum atomic E-state index is 6.10. The summed E-state index contributed by atoms with van der Waals surface area (Å²) in [5, 5.41) is 4.07. The summed E-state index contributed by atoms with van der Waals surface area (Å²) >= 11 is 6.10. The van der Waals surface area contributed by atoms with Crippen LogP contribution in [0.25, 0.3) is 0 Å². The van der Waals surface area contributed by atoms with Crippen molar-refractivity contribution in [2.45, 2.75) is 26.3 Å². The highest BCUT2D eigenvalue weighted by atomic mass is 35.5. The first-order chi connectivity index (χ1) is 7.16. The minimum absolute atomic E-state index is 0.0543. The van der Waals surface area contributed by atoms with Crippen molar-refractivity contribution in [3.63, 3.8) is 0 Å². The lowest BCUT2D eigenvalue weighted by atomic mass is 10.1. The van der Waals surface area contributed by atoms with Gasteiger partial charge in [-0.15, -0.1) is 0 Å². The molecule has 0 aliphatic heterocycles. The van der Waals surface area contributed by atoms with E-state index in [-0.39, 0.29) is 6.04 Å². The van der Waals surface area contributed by atoms with Gasteiger partial charge in [0.15, 0.2) is 0 Å². The summed E-state index contributed by atoms with van der Waals surface area (Å²) in [4.78, 5) is 4.30. The van der Waals surface area contributed by atoms with Crippen LogP contribution in [-0.2, 0) is 0 Å². The van der Waals surface area contributed by atoms with E-state index in [9.17, 15) is 0 Å². The normalized spacial score (nSPS) is 12.5. The van der Waals surface area contributed by atoms with Crippen molar-refractivity contribution in [2.24, 2.45) is 0 Å². The Morgan fingerprint density at radius 1 is 1.67 bits per heavy atom. The zero-order chi connectivity index (χ0) is 11.3. The Morgan fingerprint density at radius 3 is 2.93 bits per heavy atom. The van der Waals surface area contributed by atoms with Crippen molar-refractivity contribution in [1.82, 2.24) is 10.3 Å². The van der Waals surface area contributed by atoms with E-state index in [2.05, 4.69) is 23.8 Å². The smallest absolute Gasteiger partial charge is 0.0800 e. The summed E-state index contributed by atoms with van der Waals surface area (Å²) in [6.07, 6.45) is 2.83. The van der Waals surface area contributed by atoms with Gasteiger partial charge in [-0.2, -0.15) is 0 Å². The predicted octanol–water partition coefficient (Wildman–Crippen LogP) is 3.35. The molecule has 0 bridgehead atoms. The average Bonchev–Trinajstić information content (AvgIpc) is 2.20. The monoisotopic (exact) mass is 224 g/mol. The average molecular weight is 225 g/mol. The third-order valence-electron chi connectivity index (χ3n) is 2.15. The highest BCUT2D eigenvalue weighted by Crippen LogP contribution is 2.24. The minimum atomic E-state index is 0.0543. The Morgan fingerprint density at radius 2 is 2.40 bits per heavy atom. The summed E-state index contributed by atoms with van der Waals surface area (Å²) in [5.74, 6) is 0. The van der Waals surface area contributed by atoms with Crippen molar-refractivity contribution in [3.8, 4) is 0 Å². The van der Waals surface area contributed by atoms with E-state index in [1.54, 1.807) is 6.20 Å². The minimum Gasteiger partial charge on any atom is -0.305 e. The van der Waals surface area contributed by atoms with Crippen LogP contribution in [0, 0.1) is 0 Å². The number of pyridine rings is 1. The van der Waals surface area contributed by atoms with Gasteiger partial charge in [0.05, 0.1) is 16.8 Å². The molecule has 15 heavy (non-hydrogen) atoms. The number of nitrogens with zero attached hydrogens (tertiary/aromatic N) is 1. The van der Waals surface area contributed by atoms with Crippen molar-refractivity contribution in [2.75, 3.05) is 6.54 Å². The van der Waals surface area contributed by atoms with E-state index in [0.29, 0.717) is 5.02 Å². The number of hydrogen-bond acceptors (Lipinski definition) is 2. The van der Waals surface area contributed by atoms with Crippen LogP contribution in [0.15, 0.2) is 30.5 Å². The topological polar surface area (TPSA) is 24.9 Å². The number of hydrogen-bond donors (Lipinski definition) is 1. The molecule has 3 heteroatoms. The van der Waals surface area contributed by atoms with E-state index in [1.165, 1.54) is 0 Å². The molecule has 0 aliphatic rings. The molecule has 0 aliphatic carbocycles. The molecule has 0 saturated carbocycles. The fraction of sp³-hybridized carbons (Fsp3) is 0.417. The lowest BCUT2D eigenvalue weighted by Crippen LogP contribution is -2.24. The Balaban J connectivity index is 2.89. The van der Waals surface area contributed by atoms with Gasteiger partial charge in [0.25, 0.3) is 0 Å². The van der Waals surface area contributed by atoms with Gasteiger partial charge in [-0.1, -0.05) is 30.7 Å². The molecule has 0 spiro atoms. The first kappa shape index (κ1) is 12.2. The number of rotatable bonds is 5. The Hall–Kier alpha value is -0.860. The van der Waals surface area contributed by atoms with Gasteiger partial charge in [0.1, 0.15) is 0 Å². The van der Waals surface area contributed by atoms with Crippen molar-refractivity contribution in [3.05, 3.63) is 41.2 Å². The molecule has 82 valence electrons. The molecule has 1 aromatic rings. The van der Waals surface area contributed by atoms with Crippen molar-refractivity contribution >= 4 is 11.6 Å². The number of aromatic nitrogens is 1. The summed E-state index contributed by atoms with van der Waals surface area (Å²) in [6.45, 7) is 9.01. The molecule has 0 aromatic carbocycles. The van der Waals surface area contributed by atoms with Crippen LogP contribution < -0.4 is 5.32 Å². The Kier molecular flexibility index (Phi) is 4.79. The first-order valence-corrected chi connectivity index (χ1v) is 5.53. The maximum absolute atomic E-state index is 6.10. The highest BCUT2D eigenvalue weighted by Gasteiger charge is 2.15. The third kappa shape index (κ3) is 3.33. The second kappa shape index (κ2) is 5.89. The molecule has 0 saturated heterocycles. The fourth-order valence-electron chi connectivity index (χ4n) is 1.40. The molecule has 0 amide bonds. The van der Waals surface area contributed by atoms with Gasteiger partial charge >= 0.3 is 0 Å². The molecule has 0 fully saturated rings. The van der Waals surface area contributed by atoms with Gasteiger partial charge in [-0.05, 0) is 32.0 Å². The van der Waals surface area contributed by atoms with Crippen LogP contribution in [0.2, 0.25) is 5.02 Å². The molecule has 1 N–H and O–H groups in total. The van der Waals surface area contributed by atoms with E-state index >= 15 is 0 Å². The van der Waals surface area contributed by atoms with E-state index in [0.717, 1.165) is 24.2 Å². The fourth-order valence-corrected chi connectivity index (χ4v) is 1.63. The summed E-state index contributed by atoms with van der Waals surface area (Å²) in [5.41, 5.74) is 1.89. The van der Waals surface area contributed by atoms with E-state index < -0.39 is 0 Å². The predicted molar refractivity (Wildman–Crippen MR) is 65.1 cm³/mol. The maximum Gasteiger partial charge on any atom is 0.0800 e. The van der Waals surface area contributed by atoms with Crippen LogP contribution in [-0.4, -0.2) is 11.5 Å². The van der Waals surface area contributed by atoms with Crippen LogP contribution in [0.4, 0.5) is 0 Å². The third-order valence-corrected chi connectivity index (χ3v) is 2.47. The van der Waals surface area contributed by atoms with Crippen LogP contribution >= 0.6 is 11.6 Å². The van der Waals surface area contributed by atoms with E-state index in [4.69, 9.17) is 11.6 Å². The summed E-state index contributed by atoms with van der Waals surface area (Å²) in [7, 11) is 0. The van der Waals surface area contributed by atoms with Gasteiger partial charge in [-0.3, -0.25) is 4.98 Å². The lowest BCUT2D eigenvalue weighted by Gasteiger charge is -2.18. The van der Waals surface area contributed by atoms with Crippen molar-refractivity contribution in [1.29, 1.82) is 0 Å². The molecular formula is C12H17ClN2.